The fraction of sp³-hybridized carbons (Fsp3) is 0.619. The van der Waals surface area contributed by atoms with Crippen molar-refractivity contribution in [2.45, 2.75) is 56.9 Å². The van der Waals surface area contributed by atoms with Gasteiger partial charge in [0.05, 0.1) is 4.90 Å². The highest BCUT2D eigenvalue weighted by molar-refractivity contribution is 7.89. The van der Waals surface area contributed by atoms with Crippen LogP contribution in [0.15, 0.2) is 35.5 Å². The zero-order chi connectivity index (χ0) is 20.6. The van der Waals surface area contributed by atoms with Crippen molar-refractivity contribution in [2.75, 3.05) is 26.3 Å². The van der Waals surface area contributed by atoms with E-state index in [9.17, 15) is 8.42 Å². The van der Waals surface area contributed by atoms with Gasteiger partial charge >= 0.3 is 0 Å². The van der Waals surface area contributed by atoms with Gasteiger partial charge in [0.1, 0.15) is 12.2 Å². The lowest BCUT2D eigenvalue weighted by molar-refractivity contribution is 0.0130. The summed E-state index contributed by atoms with van der Waals surface area (Å²) in [7, 11) is -3.57. The Balaban J connectivity index is 1.68. The van der Waals surface area contributed by atoms with E-state index in [0.717, 1.165) is 30.8 Å². The molecule has 2 saturated heterocycles. The largest absolute Gasteiger partial charge is 0.381 e. The molecule has 2 aromatic rings. The van der Waals surface area contributed by atoms with Crippen LogP contribution in [0.25, 0.3) is 0 Å². The summed E-state index contributed by atoms with van der Waals surface area (Å²) in [6.07, 6.45) is 3.42. The summed E-state index contributed by atoms with van der Waals surface area (Å²) in [5.41, 5.74) is 0.989. The molecule has 0 aliphatic carbocycles. The molecule has 0 amide bonds. The van der Waals surface area contributed by atoms with E-state index in [1.807, 2.05) is 16.7 Å². The molecule has 0 saturated carbocycles. The molecule has 2 fully saturated rings. The minimum atomic E-state index is -3.57. The van der Waals surface area contributed by atoms with Gasteiger partial charge in [-0.2, -0.15) is 4.31 Å². The van der Waals surface area contributed by atoms with Gasteiger partial charge in [0.25, 0.3) is 0 Å². The maximum Gasteiger partial charge on any atom is 0.243 e. The molecule has 0 radical (unpaired) electrons. The molecule has 1 atom stereocenters. The lowest BCUT2D eigenvalue weighted by atomic mass is 9.72. The molecule has 1 unspecified atom stereocenters. The van der Waals surface area contributed by atoms with Crippen molar-refractivity contribution in [3.63, 3.8) is 0 Å². The summed E-state index contributed by atoms with van der Waals surface area (Å²) >= 11 is 0. The van der Waals surface area contributed by atoms with E-state index >= 15 is 0 Å². The van der Waals surface area contributed by atoms with Crippen molar-refractivity contribution in [1.82, 2.24) is 19.1 Å². The van der Waals surface area contributed by atoms with E-state index in [-0.39, 0.29) is 11.3 Å². The second-order valence-electron chi connectivity index (χ2n) is 8.52. The van der Waals surface area contributed by atoms with Crippen molar-refractivity contribution in [3.8, 4) is 0 Å². The van der Waals surface area contributed by atoms with E-state index in [1.54, 1.807) is 22.8 Å². The standard InChI is InChI=1S/C21H30N4O3S/c1-4-24-15-22-23-20(24)19-13-25(14-21(19)9-11-28-12-10-21)29(26,27)18-7-5-17(6-8-18)16(2)3/h5-8,15-16,19H,4,9-14H2,1-3H3. The van der Waals surface area contributed by atoms with Crippen LogP contribution < -0.4 is 0 Å². The summed E-state index contributed by atoms with van der Waals surface area (Å²) in [6, 6.07) is 7.32. The van der Waals surface area contributed by atoms with Crippen molar-refractivity contribution in [1.29, 1.82) is 0 Å². The van der Waals surface area contributed by atoms with Crippen LogP contribution in [-0.4, -0.2) is 53.8 Å². The third-order valence-electron chi connectivity index (χ3n) is 6.59. The number of aryl methyl sites for hydroxylation is 1. The highest BCUT2D eigenvalue weighted by Crippen LogP contribution is 2.50. The first-order valence-corrected chi connectivity index (χ1v) is 11.9. The molecule has 1 aromatic carbocycles. The number of hydrogen-bond acceptors (Lipinski definition) is 5. The van der Waals surface area contributed by atoms with Gasteiger partial charge in [0.2, 0.25) is 10.0 Å². The zero-order valence-corrected chi connectivity index (χ0v) is 18.2. The molecular formula is C21H30N4O3S. The molecule has 0 N–H and O–H groups in total. The average molecular weight is 419 g/mol. The molecule has 1 aromatic heterocycles. The van der Waals surface area contributed by atoms with Gasteiger partial charge in [-0.25, -0.2) is 8.42 Å². The summed E-state index contributed by atoms with van der Waals surface area (Å²) in [5.74, 6) is 1.29. The van der Waals surface area contributed by atoms with Crippen LogP contribution in [0.4, 0.5) is 0 Å². The molecule has 4 rings (SSSR count). The predicted molar refractivity (Wildman–Crippen MR) is 110 cm³/mol. The van der Waals surface area contributed by atoms with Crippen LogP contribution in [0.2, 0.25) is 0 Å². The highest BCUT2D eigenvalue weighted by atomic mass is 32.2. The van der Waals surface area contributed by atoms with Gasteiger partial charge in [-0.05, 0) is 48.8 Å². The second kappa shape index (κ2) is 7.81. The fourth-order valence-corrected chi connectivity index (χ4v) is 6.25. The van der Waals surface area contributed by atoms with Gasteiger partial charge < -0.3 is 9.30 Å². The summed E-state index contributed by atoms with van der Waals surface area (Å²) in [6.45, 7) is 9.30. The van der Waals surface area contributed by atoms with Crippen molar-refractivity contribution in [3.05, 3.63) is 42.0 Å². The SMILES string of the molecule is CCn1cnnc1C1CN(S(=O)(=O)c2ccc(C(C)C)cc2)CC12CCOCC2. The lowest BCUT2D eigenvalue weighted by Gasteiger charge is -2.37. The Kier molecular flexibility index (Phi) is 5.52. The molecule has 2 aliphatic heterocycles. The van der Waals surface area contributed by atoms with Crippen LogP contribution in [0, 0.1) is 5.41 Å². The Morgan fingerprint density at radius 2 is 1.90 bits per heavy atom. The molecule has 0 bridgehead atoms. The van der Waals surface area contributed by atoms with Crippen LogP contribution in [0.5, 0.6) is 0 Å². The topological polar surface area (TPSA) is 77.3 Å². The van der Waals surface area contributed by atoms with Crippen molar-refractivity contribution in [2.24, 2.45) is 5.41 Å². The highest BCUT2D eigenvalue weighted by Gasteiger charge is 2.52. The number of nitrogens with zero attached hydrogens (tertiary/aromatic N) is 4. The first-order chi connectivity index (χ1) is 13.9. The number of rotatable bonds is 5. The first-order valence-electron chi connectivity index (χ1n) is 10.4. The Morgan fingerprint density at radius 1 is 1.21 bits per heavy atom. The molecule has 1 spiro atoms. The number of ether oxygens (including phenoxy) is 1. The molecule has 8 heteroatoms. The van der Waals surface area contributed by atoms with Gasteiger partial charge in [-0.1, -0.05) is 26.0 Å². The van der Waals surface area contributed by atoms with Gasteiger partial charge in [0, 0.05) is 38.8 Å². The van der Waals surface area contributed by atoms with Gasteiger partial charge in [-0.3, -0.25) is 0 Å². The lowest BCUT2D eigenvalue weighted by Crippen LogP contribution is -2.37. The normalized spacial score (nSPS) is 22.6. The number of sulfonamides is 1. The average Bonchev–Trinajstić information content (AvgIpc) is 3.33. The molecular weight excluding hydrogens is 388 g/mol. The Bertz CT molecular complexity index is 947. The third kappa shape index (κ3) is 3.62. The minimum absolute atomic E-state index is 0.0264. The van der Waals surface area contributed by atoms with Crippen molar-refractivity contribution >= 4 is 10.0 Å². The Labute approximate surface area is 173 Å². The Morgan fingerprint density at radius 3 is 2.52 bits per heavy atom. The van der Waals surface area contributed by atoms with E-state index in [2.05, 4.69) is 31.0 Å². The molecule has 2 aliphatic rings. The monoisotopic (exact) mass is 418 g/mol. The van der Waals surface area contributed by atoms with Crippen LogP contribution in [0.3, 0.4) is 0 Å². The first kappa shape index (κ1) is 20.5. The van der Waals surface area contributed by atoms with Gasteiger partial charge in [-0.15, -0.1) is 10.2 Å². The zero-order valence-electron chi connectivity index (χ0n) is 17.4. The Hall–Kier alpha value is -1.77. The smallest absolute Gasteiger partial charge is 0.243 e. The van der Waals surface area contributed by atoms with Crippen molar-refractivity contribution < 1.29 is 13.2 Å². The molecule has 29 heavy (non-hydrogen) atoms. The van der Waals surface area contributed by atoms with E-state index < -0.39 is 10.0 Å². The minimum Gasteiger partial charge on any atom is -0.381 e. The van der Waals surface area contributed by atoms with Crippen LogP contribution in [0.1, 0.15) is 56.8 Å². The maximum atomic E-state index is 13.5. The third-order valence-corrected chi connectivity index (χ3v) is 8.41. The number of benzene rings is 1. The predicted octanol–water partition coefficient (Wildman–Crippen LogP) is 3.01. The quantitative estimate of drug-likeness (QED) is 0.746. The van der Waals surface area contributed by atoms with Gasteiger partial charge in [0.15, 0.2) is 0 Å². The van der Waals surface area contributed by atoms with Crippen LogP contribution in [-0.2, 0) is 21.3 Å². The van der Waals surface area contributed by atoms with E-state index in [0.29, 0.717) is 37.1 Å². The van der Waals surface area contributed by atoms with Crippen LogP contribution >= 0.6 is 0 Å². The summed E-state index contributed by atoms with van der Waals surface area (Å²) < 4.78 is 36.2. The van der Waals surface area contributed by atoms with E-state index in [4.69, 9.17) is 4.74 Å². The fourth-order valence-electron chi connectivity index (χ4n) is 4.70. The maximum absolute atomic E-state index is 13.5. The molecule has 158 valence electrons. The second-order valence-corrected chi connectivity index (χ2v) is 10.5. The number of aromatic nitrogens is 3. The molecule has 7 nitrogen and oxygen atoms in total. The summed E-state index contributed by atoms with van der Waals surface area (Å²) in [5, 5.41) is 8.49. The number of hydrogen-bond donors (Lipinski definition) is 0. The summed E-state index contributed by atoms with van der Waals surface area (Å²) in [4.78, 5) is 0.363. The molecule has 3 heterocycles. The van der Waals surface area contributed by atoms with E-state index in [1.165, 1.54) is 0 Å².